The van der Waals surface area contributed by atoms with Crippen molar-refractivity contribution in [2.75, 3.05) is 6.54 Å². The van der Waals surface area contributed by atoms with Crippen LogP contribution >= 0.6 is 0 Å². The van der Waals surface area contributed by atoms with E-state index in [1.807, 2.05) is 13.8 Å². The number of primary amides is 1. The Balaban J connectivity index is 2.12. The molecule has 1 fully saturated rings. The van der Waals surface area contributed by atoms with E-state index in [-0.39, 0.29) is 18.2 Å². The van der Waals surface area contributed by atoms with Crippen LogP contribution in [0.15, 0.2) is 16.8 Å². The van der Waals surface area contributed by atoms with E-state index in [9.17, 15) is 19.2 Å². The van der Waals surface area contributed by atoms with Gasteiger partial charge in [0.1, 0.15) is 12.1 Å². The third-order valence-corrected chi connectivity index (χ3v) is 5.81. The summed E-state index contributed by atoms with van der Waals surface area (Å²) in [5.41, 5.74) is 5.10. The number of nitrogens with one attached hydrogen (secondary N) is 3. The molecule has 4 amide bonds. The molecule has 1 saturated carbocycles. The van der Waals surface area contributed by atoms with E-state index in [4.69, 9.17) is 10.3 Å². The van der Waals surface area contributed by atoms with E-state index in [1.54, 1.807) is 0 Å². The molecule has 0 bridgehead atoms. The molecule has 0 spiro atoms. The second-order valence-corrected chi connectivity index (χ2v) is 8.20. The number of amides is 4. The number of nitrogens with zero attached hydrogens (tertiary/aromatic N) is 1. The van der Waals surface area contributed by atoms with Crippen LogP contribution in [0.4, 0.5) is 0 Å². The van der Waals surface area contributed by atoms with Gasteiger partial charge in [0, 0.05) is 6.07 Å². The van der Waals surface area contributed by atoms with Gasteiger partial charge in [0.2, 0.25) is 23.5 Å². The fraction of sp³-hybridized carbons (Fsp3) is 0.667. The summed E-state index contributed by atoms with van der Waals surface area (Å²) in [6.07, 6.45) is 7.82. The summed E-state index contributed by atoms with van der Waals surface area (Å²) in [5, 5.41) is 11.5. The number of nitrogens with two attached hydrogens (primary N) is 1. The number of carbonyl (C=O) groups excluding carboxylic acids is 4. The summed E-state index contributed by atoms with van der Waals surface area (Å²) in [6, 6.07) is -0.256. The van der Waals surface area contributed by atoms with Crippen LogP contribution in [0.1, 0.15) is 69.3 Å². The van der Waals surface area contributed by atoms with Crippen molar-refractivity contribution < 1.29 is 23.7 Å². The first-order valence-electron chi connectivity index (χ1n) is 10.9. The van der Waals surface area contributed by atoms with E-state index >= 15 is 0 Å². The molecule has 0 aliphatic heterocycles. The molecule has 10 nitrogen and oxygen atoms in total. The van der Waals surface area contributed by atoms with Crippen molar-refractivity contribution in [2.45, 2.75) is 70.9 Å². The highest BCUT2D eigenvalue weighted by Gasteiger charge is 2.32. The lowest BCUT2D eigenvalue weighted by molar-refractivity contribution is -0.132. The van der Waals surface area contributed by atoms with Gasteiger partial charge in [-0.2, -0.15) is 0 Å². The summed E-state index contributed by atoms with van der Waals surface area (Å²) in [5.74, 6) is -2.00. The highest BCUT2D eigenvalue weighted by Crippen LogP contribution is 2.27. The SMILES string of the molecule is CC[C@H](C)[C@H](NC(=O)C(CC1CCCCC1)NC(=O)c1ccno1)C(=O)NCC(N)=O. The van der Waals surface area contributed by atoms with Gasteiger partial charge in [-0.25, -0.2) is 0 Å². The molecule has 1 aromatic rings. The maximum atomic E-state index is 13.2. The van der Waals surface area contributed by atoms with Gasteiger partial charge in [-0.3, -0.25) is 19.2 Å². The second-order valence-electron chi connectivity index (χ2n) is 8.20. The Morgan fingerprint density at radius 3 is 2.45 bits per heavy atom. The molecule has 1 aliphatic rings. The number of rotatable bonds is 11. The second kappa shape index (κ2) is 12.1. The first-order chi connectivity index (χ1) is 14.8. The van der Waals surface area contributed by atoms with E-state index < -0.39 is 35.7 Å². The summed E-state index contributed by atoms with van der Waals surface area (Å²) in [6.45, 7) is 3.42. The van der Waals surface area contributed by atoms with Crippen LogP contribution in [0.5, 0.6) is 0 Å². The lowest BCUT2D eigenvalue weighted by atomic mass is 9.84. The zero-order chi connectivity index (χ0) is 22.8. The van der Waals surface area contributed by atoms with Gasteiger partial charge in [-0.1, -0.05) is 57.5 Å². The van der Waals surface area contributed by atoms with Gasteiger partial charge in [0.15, 0.2) is 0 Å². The molecule has 172 valence electrons. The van der Waals surface area contributed by atoms with Crippen molar-refractivity contribution in [1.29, 1.82) is 0 Å². The average Bonchev–Trinajstić information content (AvgIpc) is 3.30. The van der Waals surface area contributed by atoms with Crippen LogP contribution < -0.4 is 21.7 Å². The molecule has 3 atom stereocenters. The van der Waals surface area contributed by atoms with Crippen LogP contribution in [0, 0.1) is 11.8 Å². The van der Waals surface area contributed by atoms with E-state index in [2.05, 4.69) is 21.1 Å². The Morgan fingerprint density at radius 1 is 1.16 bits per heavy atom. The zero-order valence-electron chi connectivity index (χ0n) is 18.2. The lowest BCUT2D eigenvalue weighted by Crippen LogP contribution is -2.56. The number of hydrogen-bond acceptors (Lipinski definition) is 6. The topological polar surface area (TPSA) is 156 Å². The molecule has 1 aromatic heterocycles. The summed E-state index contributed by atoms with van der Waals surface area (Å²) in [4.78, 5) is 49.2. The maximum Gasteiger partial charge on any atom is 0.290 e. The van der Waals surface area contributed by atoms with Gasteiger partial charge in [-0.05, 0) is 18.3 Å². The number of hydrogen-bond donors (Lipinski definition) is 4. The summed E-state index contributed by atoms with van der Waals surface area (Å²) < 4.78 is 4.89. The lowest BCUT2D eigenvalue weighted by Gasteiger charge is -2.29. The molecule has 10 heteroatoms. The van der Waals surface area contributed by atoms with E-state index in [0.717, 1.165) is 25.7 Å². The van der Waals surface area contributed by atoms with Gasteiger partial charge in [-0.15, -0.1) is 0 Å². The highest BCUT2D eigenvalue weighted by atomic mass is 16.5. The van der Waals surface area contributed by atoms with Crippen molar-refractivity contribution in [3.05, 3.63) is 18.0 Å². The Morgan fingerprint density at radius 2 is 1.87 bits per heavy atom. The molecule has 1 unspecified atom stereocenters. The average molecular weight is 436 g/mol. The largest absolute Gasteiger partial charge is 0.368 e. The molecule has 0 radical (unpaired) electrons. The zero-order valence-corrected chi connectivity index (χ0v) is 18.2. The minimum absolute atomic E-state index is 0.0131. The minimum atomic E-state index is -0.854. The van der Waals surface area contributed by atoms with Crippen LogP contribution in [0.3, 0.4) is 0 Å². The van der Waals surface area contributed by atoms with Crippen LogP contribution in [-0.4, -0.2) is 47.4 Å². The van der Waals surface area contributed by atoms with Gasteiger partial charge < -0.3 is 26.2 Å². The summed E-state index contributed by atoms with van der Waals surface area (Å²) >= 11 is 0. The van der Waals surface area contributed by atoms with Crippen LogP contribution in [-0.2, 0) is 14.4 Å². The van der Waals surface area contributed by atoms with Crippen LogP contribution in [0.25, 0.3) is 0 Å². The Labute approximate surface area is 182 Å². The van der Waals surface area contributed by atoms with Crippen molar-refractivity contribution >= 4 is 23.6 Å². The number of carbonyl (C=O) groups is 4. The predicted molar refractivity (Wildman–Crippen MR) is 113 cm³/mol. The molecule has 0 saturated heterocycles. The monoisotopic (exact) mass is 435 g/mol. The third kappa shape index (κ3) is 7.69. The maximum absolute atomic E-state index is 13.2. The molecule has 1 aliphatic carbocycles. The molecule has 0 aromatic carbocycles. The standard InChI is InChI=1S/C21H33N5O5/c1-3-13(2)18(21(30)23-12-17(22)27)26-19(28)15(11-14-7-5-4-6-8-14)25-20(29)16-9-10-24-31-16/h9-10,13-15,18H,3-8,11-12H2,1-2H3,(H2,22,27)(H,23,30)(H,25,29)(H,26,28)/t13-,15?,18-/m0/s1. The van der Waals surface area contributed by atoms with Gasteiger partial charge in [0.05, 0.1) is 12.7 Å². The minimum Gasteiger partial charge on any atom is -0.368 e. The molecule has 5 N–H and O–H groups in total. The molecular weight excluding hydrogens is 402 g/mol. The van der Waals surface area contributed by atoms with Crippen molar-refractivity contribution in [2.24, 2.45) is 17.6 Å². The Hall–Kier alpha value is -2.91. The molecule has 31 heavy (non-hydrogen) atoms. The molecular formula is C21H33N5O5. The van der Waals surface area contributed by atoms with E-state index in [1.165, 1.54) is 18.7 Å². The highest BCUT2D eigenvalue weighted by molar-refractivity contribution is 5.97. The van der Waals surface area contributed by atoms with Gasteiger partial charge >= 0.3 is 0 Å². The van der Waals surface area contributed by atoms with E-state index in [0.29, 0.717) is 18.8 Å². The smallest absolute Gasteiger partial charge is 0.290 e. The van der Waals surface area contributed by atoms with Gasteiger partial charge in [0.25, 0.3) is 5.91 Å². The van der Waals surface area contributed by atoms with Crippen molar-refractivity contribution in [1.82, 2.24) is 21.1 Å². The van der Waals surface area contributed by atoms with Crippen molar-refractivity contribution in [3.63, 3.8) is 0 Å². The third-order valence-electron chi connectivity index (χ3n) is 5.81. The Bertz CT molecular complexity index is 745. The fourth-order valence-corrected chi connectivity index (χ4v) is 3.79. The summed E-state index contributed by atoms with van der Waals surface area (Å²) in [7, 11) is 0. The predicted octanol–water partition coefficient (Wildman–Crippen LogP) is 0.876. The quantitative estimate of drug-likeness (QED) is 0.404. The Kier molecular flexibility index (Phi) is 9.48. The molecule has 2 rings (SSSR count). The first kappa shape index (κ1) is 24.4. The fourth-order valence-electron chi connectivity index (χ4n) is 3.79. The number of aromatic nitrogens is 1. The normalized spacial score (nSPS) is 17.2. The van der Waals surface area contributed by atoms with Crippen LogP contribution in [0.2, 0.25) is 0 Å². The first-order valence-corrected chi connectivity index (χ1v) is 10.9. The van der Waals surface area contributed by atoms with Crippen molar-refractivity contribution in [3.8, 4) is 0 Å². The molecule has 1 heterocycles.